The maximum absolute atomic E-state index is 13.4. The van der Waals surface area contributed by atoms with Gasteiger partial charge in [0, 0.05) is 10.9 Å². The molecule has 0 aliphatic heterocycles. The average molecular weight is 448 g/mol. The molecule has 7 heteroatoms. The molecule has 1 N–H and O–H groups in total. The number of nitrogens with one attached hydrogen (secondary N) is 1. The summed E-state index contributed by atoms with van der Waals surface area (Å²) in [7, 11) is 1.56. The highest BCUT2D eigenvalue weighted by atomic mass is 32.2. The lowest BCUT2D eigenvalue weighted by Crippen LogP contribution is -2.15. The summed E-state index contributed by atoms with van der Waals surface area (Å²) in [6.07, 6.45) is 0.815. The molecule has 0 radical (unpaired) electrons. The highest BCUT2D eigenvalue weighted by Crippen LogP contribution is 2.31. The summed E-state index contributed by atoms with van der Waals surface area (Å²) in [6, 6.07) is 19.3. The highest BCUT2D eigenvalue weighted by molar-refractivity contribution is 8.00. The summed E-state index contributed by atoms with van der Waals surface area (Å²) in [5.41, 5.74) is 3.28. The maximum atomic E-state index is 13.4. The Balaban J connectivity index is 1.65. The van der Waals surface area contributed by atoms with E-state index in [2.05, 4.69) is 12.2 Å². The fourth-order valence-corrected chi connectivity index (χ4v) is 4.19. The van der Waals surface area contributed by atoms with Gasteiger partial charge >= 0.3 is 0 Å². The van der Waals surface area contributed by atoms with E-state index in [1.54, 1.807) is 31.4 Å². The second kappa shape index (κ2) is 9.78. The Morgan fingerprint density at radius 1 is 1.03 bits per heavy atom. The van der Waals surface area contributed by atoms with Gasteiger partial charge in [-0.25, -0.2) is 14.4 Å². The van der Waals surface area contributed by atoms with E-state index in [4.69, 9.17) is 14.7 Å². The van der Waals surface area contributed by atoms with Crippen LogP contribution >= 0.6 is 11.8 Å². The van der Waals surface area contributed by atoms with E-state index in [0.29, 0.717) is 22.3 Å². The molecule has 0 aliphatic carbocycles. The van der Waals surface area contributed by atoms with E-state index in [0.717, 1.165) is 28.5 Å². The monoisotopic (exact) mass is 447 g/mol. The zero-order chi connectivity index (χ0) is 22.5. The van der Waals surface area contributed by atoms with E-state index >= 15 is 0 Å². The molecule has 162 valence electrons. The largest absolute Gasteiger partial charge is 0.495 e. The number of para-hydroxylation sites is 3. The van der Waals surface area contributed by atoms with Gasteiger partial charge in [-0.15, -0.1) is 0 Å². The minimum atomic E-state index is -0.314. The first-order valence-corrected chi connectivity index (χ1v) is 11.2. The summed E-state index contributed by atoms with van der Waals surface area (Å²) in [4.78, 5) is 22.1. The van der Waals surface area contributed by atoms with Gasteiger partial charge in [0.15, 0.2) is 5.82 Å². The van der Waals surface area contributed by atoms with Crippen LogP contribution in [-0.4, -0.2) is 28.7 Å². The van der Waals surface area contributed by atoms with Crippen LogP contribution in [-0.2, 0) is 11.2 Å². The molecule has 0 fully saturated rings. The van der Waals surface area contributed by atoms with Crippen LogP contribution in [0.5, 0.6) is 5.75 Å². The molecule has 5 nitrogen and oxygen atoms in total. The van der Waals surface area contributed by atoms with Gasteiger partial charge in [0.2, 0.25) is 5.91 Å². The number of fused-ring (bicyclic) bond motifs is 1. The van der Waals surface area contributed by atoms with Gasteiger partial charge < -0.3 is 10.1 Å². The molecule has 0 atom stereocenters. The molecule has 1 aromatic heterocycles. The van der Waals surface area contributed by atoms with Crippen LogP contribution in [0.25, 0.3) is 22.3 Å². The zero-order valence-electron chi connectivity index (χ0n) is 17.8. The standard InChI is InChI=1S/C25H22FN3O2S/c1-3-16-7-6-8-19-23(16)28-24(17-11-13-18(26)14-12-17)29-25(19)32-15-22(30)27-20-9-4-5-10-21(20)31-2/h4-14H,3,15H2,1-2H3,(H,27,30). The topological polar surface area (TPSA) is 64.1 Å². The number of aryl methyl sites for hydroxylation is 1. The lowest BCUT2D eigenvalue weighted by molar-refractivity contribution is -0.113. The van der Waals surface area contributed by atoms with Crippen LogP contribution in [0.15, 0.2) is 71.8 Å². The molecule has 0 bridgehead atoms. The number of aromatic nitrogens is 2. The van der Waals surface area contributed by atoms with E-state index < -0.39 is 0 Å². The number of nitrogens with zero attached hydrogens (tertiary/aromatic N) is 2. The molecule has 1 amide bonds. The lowest BCUT2D eigenvalue weighted by atomic mass is 10.1. The number of benzene rings is 3. The minimum absolute atomic E-state index is 0.166. The van der Waals surface area contributed by atoms with Crippen LogP contribution in [0.1, 0.15) is 12.5 Å². The molecule has 0 saturated carbocycles. The number of halogens is 1. The van der Waals surface area contributed by atoms with Gasteiger partial charge in [-0.05, 0) is 48.4 Å². The molecule has 0 unspecified atom stereocenters. The van der Waals surface area contributed by atoms with Gasteiger partial charge in [-0.2, -0.15) is 0 Å². The third-order valence-corrected chi connectivity index (χ3v) is 5.97. The second-order valence-corrected chi connectivity index (χ2v) is 8.03. The summed E-state index contributed by atoms with van der Waals surface area (Å²) in [5, 5.41) is 4.49. The second-order valence-electron chi connectivity index (χ2n) is 7.06. The predicted octanol–water partition coefficient (Wildman–Crippen LogP) is 5.74. The van der Waals surface area contributed by atoms with Gasteiger partial charge in [0.05, 0.1) is 24.1 Å². The molecular formula is C25H22FN3O2S. The van der Waals surface area contributed by atoms with E-state index in [9.17, 15) is 9.18 Å². The number of hydrogen-bond acceptors (Lipinski definition) is 5. The number of thioether (sulfide) groups is 1. The smallest absolute Gasteiger partial charge is 0.234 e. The number of anilines is 1. The maximum Gasteiger partial charge on any atom is 0.234 e. The first-order chi connectivity index (χ1) is 15.6. The Hall–Kier alpha value is -3.45. The van der Waals surface area contributed by atoms with Crippen molar-refractivity contribution in [3.63, 3.8) is 0 Å². The van der Waals surface area contributed by atoms with Crippen LogP contribution in [0, 0.1) is 5.82 Å². The SMILES string of the molecule is CCc1cccc2c(SCC(=O)Nc3ccccc3OC)nc(-c3ccc(F)cc3)nc12. The average Bonchev–Trinajstić information content (AvgIpc) is 2.82. The van der Waals surface area contributed by atoms with Crippen molar-refractivity contribution in [1.29, 1.82) is 0 Å². The first-order valence-electron chi connectivity index (χ1n) is 10.2. The quantitative estimate of drug-likeness (QED) is 0.289. The molecule has 0 aliphatic rings. The van der Waals surface area contributed by atoms with Crippen molar-refractivity contribution in [3.05, 3.63) is 78.1 Å². The fraction of sp³-hybridized carbons (Fsp3) is 0.160. The van der Waals surface area contributed by atoms with Crippen LogP contribution in [0.4, 0.5) is 10.1 Å². The molecule has 4 rings (SSSR count). The Kier molecular flexibility index (Phi) is 6.66. The Morgan fingerprint density at radius 2 is 1.81 bits per heavy atom. The van der Waals surface area contributed by atoms with Crippen LogP contribution in [0.3, 0.4) is 0 Å². The number of carbonyl (C=O) groups excluding carboxylic acids is 1. The van der Waals surface area contributed by atoms with E-state index in [-0.39, 0.29) is 17.5 Å². The first kappa shape index (κ1) is 21.8. The summed E-state index contributed by atoms with van der Waals surface area (Å²) < 4.78 is 18.7. The van der Waals surface area contributed by atoms with E-state index in [1.807, 2.05) is 30.3 Å². The summed E-state index contributed by atoms with van der Waals surface area (Å²) in [5.74, 6) is 0.798. The molecule has 0 spiro atoms. The number of methoxy groups -OCH3 is 1. The van der Waals surface area contributed by atoms with Crippen molar-refractivity contribution in [2.24, 2.45) is 0 Å². The Morgan fingerprint density at radius 3 is 2.56 bits per heavy atom. The highest BCUT2D eigenvalue weighted by Gasteiger charge is 2.15. The molecule has 1 heterocycles. The normalized spacial score (nSPS) is 10.8. The van der Waals surface area contributed by atoms with Crippen molar-refractivity contribution in [2.45, 2.75) is 18.4 Å². The Bertz CT molecular complexity index is 1260. The van der Waals surface area contributed by atoms with Crippen molar-refractivity contribution < 1.29 is 13.9 Å². The van der Waals surface area contributed by atoms with Crippen molar-refractivity contribution in [2.75, 3.05) is 18.2 Å². The molecule has 0 saturated heterocycles. The lowest BCUT2D eigenvalue weighted by Gasteiger charge is -2.12. The van der Waals surface area contributed by atoms with Crippen LogP contribution in [0.2, 0.25) is 0 Å². The summed E-state index contributed by atoms with van der Waals surface area (Å²) in [6.45, 7) is 2.07. The van der Waals surface area contributed by atoms with Crippen LogP contribution < -0.4 is 10.1 Å². The Labute approximate surface area is 190 Å². The predicted molar refractivity (Wildman–Crippen MR) is 127 cm³/mol. The molecule has 32 heavy (non-hydrogen) atoms. The third-order valence-electron chi connectivity index (χ3n) is 4.98. The van der Waals surface area contributed by atoms with Crippen molar-refractivity contribution in [3.8, 4) is 17.1 Å². The van der Waals surface area contributed by atoms with Crippen molar-refractivity contribution in [1.82, 2.24) is 9.97 Å². The summed E-state index contributed by atoms with van der Waals surface area (Å²) >= 11 is 1.34. The zero-order valence-corrected chi connectivity index (χ0v) is 18.6. The number of rotatable bonds is 7. The number of hydrogen-bond donors (Lipinski definition) is 1. The van der Waals surface area contributed by atoms with Gasteiger partial charge in [0.25, 0.3) is 0 Å². The molecule has 4 aromatic rings. The van der Waals surface area contributed by atoms with Gasteiger partial charge in [-0.3, -0.25) is 4.79 Å². The third kappa shape index (κ3) is 4.73. The van der Waals surface area contributed by atoms with Gasteiger partial charge in [0.1, 0.15) is 16.6 Å². The molecule has 3 aromatic carbocycles. The van der Waals surface area contributed by atoms with Crippen molar-refractivity contribution >= 4 is 34.3 Å². The number of carbonyl (C=O) groups is 1. The van der Waals surface area contributed by atoms with Gasteiger partial charge in [-0.1, -0.05) is 49.0 Å². The number of ether oxygens (including phenoxy) is 1. The molecular weight excluding hydrogens is 425 g/mol. The van der Waals surface area contributed by atoms with E-state index in [1.165, 1.54) is 23.9 Å². The number of amides is 1. The fourth-order valence-electron chi connectivity index (χ4n) is 3.37. The minimum Gasteiger partial charge on any atom is -0.495 e.